The van der Waals surface area contributed by atoms with Crippen LogP contribution in [-0.2, 0) is 16.6 Å². The molecule has 0 aliphatic carbocycles. The fourth-order valence-electron chi connectivity index (χ4n) is 3.52. The maximum absolute atomic E-state index is 13.6. The molecule has 0 bridgehead atoms. The molecule has 2 amide bonds. The number of fused-ring (bicyclic) bond motifs is 1. The van der Waals surface area contributed by atoms with Gasteiger partial charge in [0.2, 0.25) is 11.8 Å². The van der Waals surface area contributed by atoms with Gasteiger partial charge in [-0.2, -0.15) is 0 Å². The summed E-state index contributed by atoms with van der Waals surface area (Å²) < 4.78 is 28.7. The summed E-state index contributed by atoms with van der Waals surface area (Å²) in [4.78, 5) is 29.5. The molecule has 1 aliphatic heterocycles. The second-order valence-electron chi connectivity index (χ2n) is 6.93. The van der Waals surface area contributed by atoms with Crippen LogP contribution in [0.5, 0.6) is 0 Å². The Labute approximate surface area is 165 Å². The molecule has 4 rings (SSSR count). The number of aryl methyl sites for hydroxylation is 1. The molecule has 2 heterocycles. The molecule has 148 valence electrons. The fraction of sp³-hybridized carbons (Fsp3) is 0.190. The number of nitrogens with zero attached hydrogens (tertiary/aromatic N) is 2. The average molecular weight is 396 g/mol. The number of carbonyl (C=O) groups is 2. The van der Waals surface area contributed by atoms with Gasteiger partial charge in [0.25, 0.3) is 0 Å². The molecule has 29 heavy (non-hydrogen) atoms. The lowest BCUT2D eigenvalue weighted by molar-refractivity contribution is -0.126. The van der Waals surface area contributed by atoms with Gasteiger partial charge in [-0.3, -0.25) is 9.59 Å². The van der Waals surface area contributed by atoms with E-state index in [1.54, 1.807) is 36.1 Å². The Morgan fingerprint density at radius 2 is 1.93 bits per heavy atom. The van der Waals surface area contributed by atoms with Crippen molar-refractivity contribution in [3.8, 4) is 0 Å². The molecular weight excluding hydrogens is 378 g/mol. The van der Waals surface area contributed by atoms with Crippen molar-refractivity contribution in [1.29, 1.82) is 0 Å². The molecule has 3 aromatic rings. The van der Waals surface area contributed by atoms with Crippen molar-refractivity contribution in [2.24, 2.45) is 7.05 Å². The van der Waals surface area contributed by atoms with Crippen molar-refractivity contribution in [3.63, 3.8) is 0 Å². The molecule has 1 aliphatic rings. The lowest BCUT2D eigenvalue weighted by Crippen LogP contribution is -2.38. The summed E-state index contributed by atoms with van der Waals surface area (Å²) in [7, 11) is 1.79. The van der Waals surface area contributed by atoms with E-state index in [4.69, 9.17) is 0 Å². The van der Waals surface area contributed by atoms with Crippen LogP contribution in [0.25, 0.3) is 0 Å². The summed E-state index contributed by atoms with van der Waals surface area (Å²) in [6.45, 7) is 0. The van der Waals surface area contributed by atoms with Gasteiger partial charge in [0.15, 0.2) is 0 Å². The Hall–Kier alpha value is -3.55. The monoisotopic (exact) mass is 396 g/mol. The Balaban J connectivity index is 1.68. The summed E-state index contributed by atoms with van der Waals surface area (Å²) >= 11 is 0. The molecule has 0 saturated heterocycles. The van der Waals surface area contributed by atoms with Gasteiger partial charge in [0.05, 0.1) is 5.92 Å². The van der Waals surface area contributed by atoms with E-state index in [1.165, 1.54) is 30.3 Å². The van der Waals surface area contributed by atoms with Gasteiger partial charge in [-0.25, -0.2) is 13.8 Å². The number of amides is 2. The van der Waals surface area contributed by atoms with E-state index in [0.717, 1.165) is 0 Å². The highest BCUT2D eigenvalue weighted by molar-refractivity contribution is 6.01. The fourth-order valence-corrected chi connectivity index (χ4v) is 3.52. The Bertz CT molecular complexity index is 1080. The minimum atomic E-state index is -0.775. The van der Waals surface area contributed by atoms with E-state index >= 15 is 0 Å². The van der Waals surface area contributed by atoms with Crippen LogP contribution in [0.15, 0.2) is 54.9 Å². The van der Waals surface area contributed by atoms with Crippen molar-refractivity contribution in [2.45, 2.75) is 18.4 Å². The third-order valence-electron chi connectivity index (χ3n) is 4.98. The van der Waals surface area contributed by atoms with Crippen LogP contribution in [0.4, 0.5) is 14.5 Å². The van der Waals surface area contributed by atoms with Crippen LogP contribution in [0.2, 0.25) is 0 Å². The SMILES string of the molecule is Cn1ccnc1C(NC(=O)C1CC(=O)Nc2cc(F)ccc21)c1ccc(F)cc1. The minimum absolute atomic E-state index is 0.0544. The maximum atomic E-state index is 13.6. The van der Waals surface area contributed by atoms with E-state index in [0.29, 0.717) is 17.0 Å². The molecule has 0 fully saturated rings. The zero-order valence-corrected chi connectivity index (χ0v) is 15.5. The van der Waals surface area contributed by atoms with Crippen molar-refractivity contribution in [1.82, 2.24) is 14.9 Å². The standard InChI is InChI=1S/C21H18F2N4O2/c1-27-9-8-24-20(27)19(12-2-4-13(22)5-3-12)26-21(29)16-11-18(28)25-17-10-14(23)6-7-15(16)17/h2-10,16,19H,11H2,1H3,(H,25,28)(H,26,29). The number of carbonyl (C=O) groups excluding carboxylic acids is 2. The molecule has 8 heteroatoms. The van der Waals surface area contributed by atoms with Crippen LogP contribution in [-0.4, -0.2) is 21.4 Å². The predicted molar refractivity (Wildman–Crippen MR) is 102 cm³/mol. The van der Waals surface area contributed by atoms with Crippen LogP contribution >= 0.6 is 0 Å². The van der Waals surface area contributed by atoms with Crippen molar-refractivity contribution in [3.05, 3.63) is 83.4 Å². The minimum Gasteiger partial charge on any atom is -0.342 e. The highest BCUT2D eigenvalue weighted by Gasteiger charge is 2.33. The quantitative estimate of drug-likeness (QED) is 0.712. The second-order valence-corrected chi connectivity index (χ2v) is 6.93. The predicted octanol–water partition coefficient (Wildman–Crippen LogP) is 3.03. The molecule has 1 aromatic heterocycles. The van der Waals surface area contributed by atoms with Gasteiger partial charge in [0, 0.05) is 31.5 Å². The van der Waals surface area contributed by atoms with Gasteiger partial charge < -0.3 is 15.2 Å². The summed E-state index contributed by atoms with van der Waals surface area (Å²) in [5.74, 6) is -1.86. The summed E-state index contributed by atoms with van der Waals surface area (Å²) in [5.41, 5.74) is 1.48. The van der Waals surface area contributed by atoms with Gasteiger partial charge in [0.1, 0.15) is 23.5 Å². The van der Waals surface area contributed by atoms with Gasteiger partial charge in [-0.15, -0.1) is 0 Å². The van der Waals surface area contributed by atoms with Crippen LogP contribution in [0.3, 0.4) is 0 Å². The second kappa shape index (κ2) is 7.46. The Kier molecular flexibility index (Phi) is 4.84. The van der Waals surface area contributed by atoms with E-state index in [9.17, 15) is 18.4 Å². The molecule has 2 atom stereocenters. The summed E-state index contributed by atoms with van der Waals surface area (Å²) in [6.07, 6.45) is 3.29. The smallest absolute Gasteiger partial charge is 0.229 e. The molecule has 0 saturated carbocycles. The number of benzene rings is 2. The number of hydrogen-bond donors (Lipinski definition) is 2. The average Bonchev–Trinajstić information content (AvgIpc) is 3.11. The van der Waals surface area contributed by atoms with Gasteiger partial charge in [-0.05, 0) is 35.4 Å². The molecule has 0 radical (unpaired) electrons. The lowest BCUT2D eigenvalue weighted by Gasteiger charge is -2.27. The first-order valence-corrected chi connectivity index (χ1v) is 9.04. The number of hydrogen-bond acceptors (Lipinski definition) is 3. The maximum Gasteiger partial charge on any atom is 0.229 e. The van der Waals surface area contributed by atoms with Crippen molar-refractivity contribution < 1.29 is 18.4 Å². The molecule has 2 aromatic carbocycles. The molecule has 6 nitrogen and oxygen atoms in total. The number of aromatic nitrogens is 2. The zero-order chi connectivity index (χ0) is 20.5. The topological polar surface area (TPSA) is 76.0 Å². The zero-order valence-electron chi connectivity index (χ0n) is 15.5. The van der Waals surface area contributed by atoms with Crippen LogP contribution < -0.4 is 10.6 Å². The number of nitrogens with one attached hydrogen (secondary N) is 2. The first-order chi connectivity index (χ1) is 13.9. The first kappa shape index (κ1) is 18.8. The molecule has 0 spiro atoms. The third-order valence-corrected chi connectivity index (χ3v) is 4.98. The number of halogens is 2. The van der Waals surface area contributed by atoms with Crippen molar-refractivity contribution >= 4 is 17.5 Å². The molecular formula is C21H18F2N4O2. The Morgan fingerprint density at radius 1 is 1.21 bits per heavy atom. The highest BCUT2D eigenvalue weighted by Crippen LogP contribution is 2.34. The first-order valence-electron chi connectivity index (χ1n) is 9.04. The number of rotatable bonds is 4. The Morgan fingerprint density at radius 3 is 2.62 bits per heavy atom. The normalized spacial score (nSPS) is 16.7. The molecule has 2 N–H and O–H groups in total. The number of imidazole rings is 1. The summed E-state index contributed by atoms with van der Waals surface area (Å²) in [6, 6.07) is 9.08. The van der Waals surface area contributed by atoms with E-state index in [2.05, 4.69) is 15.6 Å². The third kappa shape index (κ3) is 3.73. The molecule has 2 unspecified atom stereocenters. The van der Waals surface area contributed by atoms with Crippen molar-refractivity contribution in [2.75, 3.05) is 5.32 Å². The lowest BCUT2D eigenvalue weighted by atomic mass is 9.89. The number of anilines is 1. The highest BCUT2D eigenvalue weighted by atomic mass is 19.1. The van der Waals surface area contributed by atoms with Gasteiger partial charge >= 0.3 is 0 Å². The van der Waals surface area contributed by atoms with Gasteiger partial charge in [-0.1, -0.05) is 18.2 Å². The van der Waals surface area contributed by atoms with Crippen LogP contribution in [0, 0.1) is 11.6 Å². The summed E-state index contributed by atoms with van der Waals surface area (Å²) in [5, 5.41) is 5.52. The van der Waals surface area contributed by atoms with E-state index < -0.39 is 29.5 Å². The van der Waals surface area contributed by atoms with E-state index in [-0.39, 0.29) is 18.0 Å². The van der Waals surface area contributed by atoms with Crippen LogP contribution in [0.1, 0.15) is 35.3 Å². The van der Waals surface area contributed by atoms with E-state index in [1.807, 2.05) is 0 Å². The largest absolute Gasteiger partial charge is 0.342 e.